The second kappa shape index (κ2) is 6.73. The van der Waals surface area contributed by atoms with E-state index in [-0.39, 0.29) is 6.03 Å². The topological polar surface area (TPSA) is 47.6 Å². The molecule has 2 atom stereocenters. The normalized spacial score (nSPS) is 27.0. The number of benzene rings is 1. The van der Waals surface area contributed by atoms with Gasteiger partial charge in [-0.2, -0.15) is 0 Å². The molecule has 0 aromatic heterocycles. The van der Waals surface area contributed by atoms with Crippen LogP contribution in [0.2, 0.25) is 0 Å². The van der Waals surface area contributed by atoms with Crippen LogP contribution in [0.5, 0.6) is 0 Å². The summed E-state index contributed by atoms with van der Waals surface area (Å²) >= 11 is 1.48. The Kier molecular flexibility index (Phi) is 4.38. The molecule has 2 amide bonds. The number of fused-ring (bicyclic) bond motifs is 3. The first-order valence-corrected chi connectivity index (χ1v) is 10.9. The molecule has 2 heterocycles. The summed E-state index contributed by atoms with van der Waals surface area (Å²) in [6, 6.07) is 3.02. The summed E-state index contributed by atoms with van der Waals surface area (Å²) in [6.45, 7) is 6.72. The Morgan fingerprint density at radius 3 is 2.54 bits per heavy atom. The third-order valence-corrected chi connectivity index (χ3v) is 7.53. The number of likely N-dealkylation sites (tertiary alicyclic amines) is 1. The van der Waals surface area contributed by atoms with Crippen LogP contribution in [-0.2, 0) is 25.7 Å². The molecule has 2 saturated heterocycles. The summed E-state index contributed by atoms with van der Waals surface area (Å²) in [4.78, 5) is 15.1. The van der Waals surface area contributed by atoms with Crippen molar-refractivity contribution in [1.82, 2.24) is 13.9 Å². The summed E-state index contributed by atoms with van der Waals surface area (Å²) < 4.78 is 5.34. The molecule has 2 aliphatic carbocycles. The van der Waals surface area contributed by atoms with E-state index >= 15 is 0 Å². The van der Waals surface area contributed by atoms with E-state index in [1.165, 1.54) is 53.8 Å². The molecule has 2 N–H and O–H groups in total. The summed E-state index contributed by atoms with van der Waals surface area (Å²) in [5.41, 5.74) is 6.84. The molecule has 26 heavy (non-hydrogen) atoms. The minimum Gasteiger partial charge on any atom is -0.307 e. The smallest absolute Gasteiger partial charge is 0.307 e. The van der Waals surface area contributed by atoms with Gasteiger partial charge in [0.2, 0.25) is 0 Å². The zero-order chi connectivity index (χ0) is 17.7. The minimum absolute atomic E-state index is 0.0732. The Balaban J connectivity index is 1.22. The maximum atomic E-state index is 12.6. The Labute approximate surface area is 160 Å². The number of anilines is 1. The van der Waals surface area contributed by atoms with E-state index in [0.717, 1.165) is 56.9 Å². The zero-order valence-corrected chi connectivity index (χ0v) is 16.3. The first-order valence-electron chi connectivity index (χ1n) is 10.1. The van der Waals surface area contributed by atoms with Gasteiger partial charge in [-0.1, -0.05) is 13.0 Å². The molecule has 2 aliphatic heterocycles. The van der Waals surface area contributed by atoms with Gasteiger partial charge in [0.1, 0.15) is 0 Å². The third-order valence-electron chi connectivity index (χ3n) is 6.70. The van der Waals surface area contributed by atoms with Crippen molar-refractivity contribution in [1.29, 1.82) is 0 Å². The molecule has 0 spiro atoms. The second-order valence-corrected chi connectivity index (χ2v) is 9.05. The van der Waals surface area contributed by atoms with Crippen LogP contribution in [0.4, 0.5) is 10.5 Å². The van der Waals surface area contributed by atoms with Crippen LogP contribution in [-0.4, -0.2) is 47.5 Å². The van der Waals surface area contributed by atoms with Gasteiger partial charge in [0.05, 0.1) is 0 Å². The highest BCUT2D eigenvalue weighted by atomic mass is 32.2. The van der Waals surface area contributed by atoms with Crippen LogP contribution in [0.1, 0.15) is 42.0 Å². The Morgan fingerprint density at radius 2 is 1.85 bits per heavy atom. The van der Waals surface area contributed by atoms with E-state index in [1.807, 2.05) is 0 Å². The predicted octanol–water partition coefficient (Wildman–Crippen LogP) is 2.98. The zero-order valence-electron chi connectivity index (χ0n) is 15.5. The molecular formula is C20H28N4OS. The average molecular weight is 373 g/mol. The predicted molar refractivity (Wildman–Crippen MR) is 106 cm³/mol. The number of nitrogens with zero attached hydrogens (tertiary/aromatic N) is 2. The summed E-state index contributed by atoms with van der Waals surface area (Å²) in [7, 11) is 0. The molecule has 2 fully saturated rings. The number of hydrogen-bond donors (Lipinski definition) is 2. The largest absolute Gasteiger partial charge is 0.330 e. The van der Waals surface area contributed by atoms with Gasteiger partial charge < -0.3 is 5.32 Å². The van der Waals surface area contributed by atoms with E-state index in [0.29, 0.717) is 6.04 Å². The van der Waals surface area contributed by atoms with Crippen LogP contribution in [0, 0.1) is 5.92 Å². The molecule has 0 bridgehead atoms. The number of urea groups is 1. The number of likely N-dealkylation sites (N-methyl/N-ethyl adjacent to an activating group) is 1. The Bertz CT molecular complexity index is 705. The van der Waals surface area contributed by atoms with Gasteiger partial charge in [0.15, 0.2) is 0 Å². The fraction of sp³-hybridized carbons (Fsp3) is 0.650. The fourth-order valence-corrected chi connectivity index (χ4v) is 6.11. The highest BCUT2D eigenvalue weighted by Gasteiger charge is 2.45. The third kappa shape index (κ3) is 2.83. The Morgan fingerprint density at radius 1 is 1.12 bits per heavy atom. The first kappa shape index (κ1) is 16.9. The molecule has 4 aliphatic rings. The van der Waals surface area contributed by atoms with Crippen molar-refractivity contribution in [2.45, 2.75) is 51.5 Å². The molecule has 5 rings (SSSR count). The number of rotatable bonds is 4. The Hall–Kier alpha value is -1.24. The minimum atomic E-state index is -0.0732. The maximum absolute atomic E-state index is 12.6. The van der Waals surface area contributed by atoms with Crippen LogP contribution >= 0.6 is 12.1 Å². The first-order chi connectivity index (χ1) is 12.7. The standard InChI is InChI=1S/C20H28N4OS/c1-2-23-10-15-11-24(12-18(15)23)26-22-20(25)21-19-16-7-3-5-13(16)9-14-6-4-8-17(14)19/h9,15,18H,2-8,10-12H2,1H3,(H2,21,22,25). The van der Waals surface area contributed by atoms with E-state index in [4.69, 9.17) is 0 Å². The number of hydrogen-bond acceptors (Lipinski definition) is 4. The van der Waals surface area contributed by atoms with E-state index in [2.05, 4.69) is 32.2 Å². The van der Waals surface area contributed by atoms with Crippen molar-refractivity contribution >= 4 is 23.9 Å². The summed E-state index contributed by atoms with van der Waals surface area (Å²) in [5, 5.41) is 3.22. The van der Waals surface area contributed by atoms with Crippen molar-refractivity contribution in [2.24, 2.45) is 5.92 Å². The fourth-order valence-electron chi connectivity index (χ4n) is 5.36. The lowest BCUT2D eigenvalue weighted by atomic mass is 9.92. The number of carbonyl (C=O) groups excluding carboxylic acids is 1. The van der Waals surface area contributed by atoms with Gasteiger partial charge in [-0.25, -0.2) is 9.10 Å². The highest BCUT2D eigenvalue weighted by molar-refractivity contribution is 7.95. The van der Waals surface area contributed by atoms with E-state index < -0.39 is 0 Å². The molecule has 6 heteroatoms. The van der Waals surface area contributed by atoms with Gasteiger partial charge in [0.25, 0.3) is 0 Å². The van der Waals surface area contributed by atoms with Crippen LogP contribution in [0.15, 0.2) is 6.07 Å². The number of aryl methyl sites for hydroxylation is 2. The van der Waals surface area contributed by atoms with Gasteiger partial charge in [-0.15, -0.1) is 0 Å². The van der Waals surface area contributed by atoms with Crippen molar-refractivity contribution in [2.75, 3.05) is 31.5 Å². The van der Waals surface area contributed by atoms with Gasteiger partial charge in [-0.3, -0.25) is 9.62 Å². The molecule has 1 aromatic carbocycles. The van der Waals surface area contributed by atoms with E-state index in [1.54, 1.807) is 0 Å². The quantitative estimate of drug-likeness (QED) is 0.798. The highest BCUT2D eigenvalue weighted by Crippen LogP contribution is 2.39. The maximum Gasteiger partial charge on any atom is 0.330 e. The van der Waals surface area contributed by atoms with Crippen LogP contribution in [0.3, 0.4) is 0 Å². The van der Waals surface area contributed by atoms with Crippen molar-refractivity contribution < 1.29 is 4.79 Å². The lowest BCUT2D eigenvalue weighted by molar-refractivity contribution is 0.0579. The number of amides is 2. The van der Waals surface area contributed by atoms with Crippen LogP contribution < -0.4 is 10.0 Å². The molecular weight excluding hydrogens is 344 g/mol. The number of nitrogens with one attached hydrogen (secondary N) is 2. The summed E-state index contributed by atoms with van der Waals surface area (Å²) in [6.07, 6.45) is 6.97. The van der Waals surface area contributed by atoms with Crippen LogP contribution in [0.25, 0.3) is 0 Å². The summed E-state index contributed by atoms with van der Waals surface area (Å²) in [5.74, 6) is 0.785. The molecule has 5 nitrogen and oxygen atoms in total. The number of carbonyl (C=O) groups is 1. The molecule has 140 valence electrons. The monoisotopic (exact) mass is 372 g/mol. The van der Waals surface area contributed by atoms with Crippen molar-refractivity contribution in [3.8, 4) is 0 Å². The SMILES string of the molecule is CCN1CC2CN(SNC(=O)Nc3c4c(cc5c3CCC5)CCC4)CC21. The van der Waals surface area contributed by atoms with Gasteiger partial charge in [-0.05, 0) is 67.3 Å². The molecule has 2 unspecified atom stereocenters. The molecule has 0 radical (unpaired) electrons. The van der Waals surface area contributed by atoms with Crippen molar-refractivity contribution in [3.05, 3.63) is 28.3 Å². The van der Waals surface area contributed by atoms with Crippen molar-refractivity contribution in [3.63, 3.8) is 0 Å². The second-order valence-electron chi connectivity index (χ2n) is 8.14. The van der Waals surface area contributed by atoms with Gasteiger partial charge >= 0.3 is 6.03 Å². The molecule has 0 saturated carbocycles. The lowest BCUT2D eigenvalue weighted by Gasteiger charge is -2.42. The van der Waals surface area contributed by atoms with E-state index in [9.17, 15) is 4.79 Å². The molecule has 1 aromatic rings. The lowest BCUT2D eigenvalue weighted by Crippen LogP contribution is -2.55. The van der Waals surface area contributed by atoms with Gasteiger partial charge in [0, 0.05) is 49.4 Å². The average Bonchev–Trinajstić information content (AvgIpc) is 3.33.